The van der Waals surface area contributed by atoms with E-state index in [-0.39, 0.29) is 12.0 Å². The van der Waals surface area contributed by atoms with E-state index < -0.39 is 0 Å². The Morgan fingerprint density at radius 3 is 2.62 bits per heavy atom. The summed E-state index contributed by atoms with van der Waals surface area (Å²) in [7, 11) is 1.69. The lowest BCUT2D eigenvalue weighted by Gasteiger charge is -2.30. The number of ether oxygens (including phenoxy) is 1. The lowest BCUT2D eigenvalue weighted by molar-refractivity contribution is 0.0699. The van der Waals surface area contributed by atoms with Crippen molar-refractivity contribution in [1.29, 1.82) is 0 Å². The van der Waals surface area contributed by atoms with E-state index >= 15 is 0 Å². The molecule has 3 nitrogen and oxygen atoms in total. The summed E-state index contributed by atoms with van der Waals surface area (Å²) in [6, 6.07) is 0. The molecule has 0 spiro atoms. The minimum atomic E-state index is -0.0722. The maximum atomic E-state index is 9.34. The van der Waals surface area contributed by atoms with Gasteiger partial charge in [0, 0.05) is 32.3 Å². The molecule has 78 valence electrons. The Bertz CT molecular complexity index is 142. The molecule has 13 heavy (non-hydrogen) atoms. The molecule has 0 amide bonds. The molecule has 0 saturated heterocycles. The quantitative estimate of drug-likeness (QED) is 0.618. The number of hydrogen-bond acceptors (Lipinski definition) is 3. The molecule has 1 fully saturated rings. The zero-order valence-electron chi connectivity index (χ0n) is 8.46. The first-order chi connectivity index (χ1) is 6.26. The van der Waals surface area contributed by atoms with Gasteiger partial charge in [0.25, 0.3) is 0 Å². The zero-order valence-corrected chi connectivity index (χ0v) is 8.46. The van der Waals surface area contributed by atoms with Gasteiger partial charge in [0.05, 0.1) is 0 Å². The minimum absolute atomic E-state index is 0.0722. The fourth-order valence-electron chi connectivity index (χ4n) is 1.75. The van der Waals surface area contributed by atoms with Crippen molar-refractivity contribution < 1.29 is 9.84 Å². The summed E-state index contributed by atoms with van der Waals surface area (Å²) in [6.07, 6.45) is 4.58. The van der Waals surface area contributed by atoms with Gasteiger partial charge in [-0.05, 0) is 18.8 Å². The van der Waals surface area contributed by atoms with Crippen LogP contribution in [0.5, 0.6) is 0 Å². The molecule has 0 radical (unpaired) electrons. The van der Waals surface area contributed by atoms with E-state index in [4.69, 9.17) is 10.5 Å². The second kappa shape index (κ2) is 4.94. The standard InChI is InChI=1S/C10H21NO2/c1-13-5-4-10(7-11,8-12)6-9-2-3-9/h9,12H,2-8,11H2,1H3. The Hall–Kier alpha value is -0.120. The van der Waals surface area contributed by atoms with Crippen LogP contribution in [0.2, 0.25) is 0 Å². The SMILES string of the molecule is COCCC(CN)(CO)CC1CC1. The molecule has 1 aliphatic rings. The van der Waals surface area contributed by atoms with Crippen LogP contribution < -0.4 is 5.73 Å². The fourth-order valence-corrected chi connectivity index (χ4v) is 1.75. The van der Waals surface area contributed by atoms with Crippen LogP contribution in [0.3, 0.4) is 0 Å². The number of rotatable bonds is 7. The summed E-state index contributed by atoms with van der Waals surface area (Å²) in [4.78, 5) is 0. The van der Waals surface area contributed by atoms with Gasteiger partial charge in [0.15, 0.2) is 0 Å². The molecular formula is C10H21NO2. The van der Waals surface area contributed by atoms with Gasteiger partial charge in [0.2, 0.25) is 0 Å². The Kier molecular flexibility index (Phi) is 4.16. The van der Waals surface area contributed by atoms with Crippen molar-refractivity contribution in [3.8, 4) is 0 Å². The summed E-state index contributed by atoms with van der Waals surface area (Å²) >= 11 is 0. The molecule has 1 atom stereocenters. The molecule has 1 aliphatic carbocycles. The minimum Gasteiger partial charge on any atom is -0.396 e. The molecule has 0 aromatic heterocycles. The molecule has 1 rings (SSSR count). The van der Waals surface area contributed by atoms with E-state index in [2.05, 4.69) is 0 Å². The van der Waals surface area contributed by atoms with E-state index in [1.54, 1.807) is 7.11 Å². The molecule has 0 aromatic carbocycles. The molecule has 1 unspecified atom stereocenters. The number of hydrogen-bond donors (Lipinski definition) is 2. The molecule has 0 bridgehead atoms. The van der Waals surface area contributed by atoms with Gasteiger partial charge >= 0.3 is 0 Å². The van der Waals surface area contributed by atoms with Gasteiger partial charge in [-0.3, -0.25) is 0 Å². The third-order valence-electron chi connectivity index (χ3n) is 3.02. The predicted octanol–water partition coefficient (Wildman–Crippen LogP) is 0.760. The van der Waals surface area contributed by atoms with E-state index in [1.165, 1.54) is 12.8 Å². The lowest BCUT2D eigenvalue weighted by Crippen LogP contribution is -2.36. The number of nitrogens with two attached hydrogens (primary N) is 1. The van der Waals surface area contributed by atoms with E-state index in [0.29, 0.717) is 13.2 Å². The first kappa shape index (κ1) is 11.0. The Morgan fingerprint density at radius 1 is 1.54 bits per heavy atom. The number of aliphatic hydroxyl groups excluding tert-OH is 1. The Labute approximate surface area is 80.3 Å². The number of aliphatic hydroxyl groups is 1. The lowest BCUT2D eigenvalue weighted by atomic mass is 9.80. The van der Waals surface area contributed by atoms with Crippen LogP contribution in [0.4, 0.5) is 0 Å². The highest BCUT2D eigenvalue weighted by atomic mass is 16.5. The normalized spacial score (nSPS) is 21.5. The van der Waals surface area contributed by atoms with Crippen LogP contribution >= 0.6 is 0 Å². The van der Waals surface area contributed by atoms with Crippen LogP contribution in [0.25, 0.3) is 0 Å². The van der Waals surface area contributed by atoms with Crippen molar-refractivity contribution in [2.75, 3.05) is 26.9 Å². The van der Waals surface area contributed by atoms with Crippen LogP contribution in [-0.2, 0) is 4.74 Å². The zero-order chi connectivity index (χ0) is 9.73. The fraction of sp³-hybridized carbons (Fsp3) is 1.00. The van der Waals surface area contributed by atoms with Crippen molar-refractivity contribution in [2.24, 2.45) is 17.1 Å². The molecule has 0 aromatic rings. The molecule has 3 N–H and O–H groups in total. The first-order valence-corrected chi connectivity index (χ1v) is 5.06. The largest absolute Gasteiger partial charge is 0.396 e. The van der Waals surface area contributed by atoms with Crippen molar-refractivity contribution in [3.63, 3.8) is 0 Å². The molecule has 3 heteroatoms. The summed E-state index contributed by atoms with van der Waals surface area (Å²) < 4.78 is 5.04. The van der Waals surface area contributed by atoms with Gasteiger partial charge in [-0.1, -0.05) is 12.8 Å². The van der Waals surface area contributed by atoms with Crippen LogP contribution in [-0.4, -0.2) is 32.0 Å². The van der Waals surface area contributed by atoms with Gasteiger partial charge in [-0.25, -0.2) is 0 Å². The maximum Gasteiger partial charge on any atom is 0.0500 e. The summed E-state index contributed by atoms with van der Waals surface area (Å²) in [5, 5.41) is 9.34. The third-order valence-corrected chi connectivity index (χ3v) is 3.02. The van der Waals surface area contributed by atoms with E-state index in [1.807, 2.05) is 0 Å². The molecule has 0 aliphatic heterocycles. The Morgan fingerprint density at radius 2 is 2.23 bits per heavy atom. The first-order valence-electron chi connectivity index (χ1n) is 5.06. The Balaban J connectivity index is 2.38. The van der Waals surface area contributed by atoms with Crippen LogP contribution in [0, 0.1) is 11.3 Å². The van der Waals surface area contributed by atoms with Crippen molar-refractivity contribution >= 4 is 0 Å². The predicted molar refractivity (Wildman–Crippen MR) is 52.4 cm³/mol. The average Bonchev–Trinajstić information content (AvgIpc) is 2.96. The highest BCUT2D eigenvalue weighted by Crippen LogP contribution is 2.41. The summed E-state index contributed by atoms with van der Waals surface area (Å²) in [5.74, 6) is 0.813. The highest BCUT2D eigenvalue weighted by molar-refractivity contribution is 4.87. The average molecular weight is 187 g/mol. The topological polar surface area (TPSA) is 55.5 Å². The summed E-state index contributed by atoms with van der Waals surface area (Å²) in [6.45, 7) is 1.47. The van der Waals surface area contributed by atoms with Gasteiger partial charge in [-0.2, -0.15) is 0 Å². The van der Waals surface area contributed by atoms with Gasteiger partial charge < -0.3 is 15.6 Å². The smallest absolute Gasteiger partial charge is 0.0500 e. The van der Waals surface area contributed by atoms with Crippen molar-refractivity contribution in [2.45, 2.75) is 25.7 Å². The monoisotopic (exact) mass is 187 g/mol. The van der Waals surface area contributed by atoms with Gasteiger partial charge in [0.1, 0.15) is 0 Å². The van der Waals surface area contributed by atoms with E-state index in [9.17, 15) is 5.11 Å². The highest BCUT2D eigenvalue weighted by Gasteiger charge is 2.35. The van der Waals surface area contributed by atoms with E-state index in [0.717, 1.165) is 18.8 Å². The molecule has 1 saturated carbocycles. The van der Waals surface area contributed by atoms with Gasteiger partial charge in [-0.15, -0.1) is 0 Å². The summed E-state index contributed by atoms with van der Waals surface area (Å²) in [5.41, 5.74) is 5.65. The second-order valence-corrected chi connectivity index (χ2v) is 4.25. The molecular weight excluding hydrogens is 166 g/mol. The number of methoxy groups -OCH3 is 1. The van der Waals surface area contributed by atoms with Crippen LogP contribution in [0.1, 0.15) is 25.7 Å². The van der Waals surface area contributed by atoms with Crippen LogP contribution in [0.15, 0.2) is 0 Å². The van der Waals surface area contributed by atoms with Crippen molar-refractivity contribution in [3.05, 3.63) is 0 Å². The maximum absolute atomic E-state index is 9.34. The molecule has 0 heterocycles. The van der Waals surface area contributed by atoms with Crippen molar-refractivity contribution in [1.82, 2.24) is 0 Å². The third kappa shape index (κ3) is 3.25. The second-order valence-electron chi connectivity index (χ2n) is 4.25.